The Morgan fingerprint density at radius 2 is 1.93 bits per heavy atom. The molecule has 0 aliphatic rings. The minimum Gasteiger partial charge on any atom is -0.380 e. The normalized spacial score (nSPS) is 11.8. The first-order valence-electron chi connectivity index (χ1n) is 5.16. The maximum Gasteiger partial charge on any atom is 0.106 e. The van der Waals surface area contributed by atoms with Crippen LogP contribution in [-0.4, -0.2) is 11.8 Å². The van der Waals surface area contributed by atoms with Gasteiger partial charge in [-0.25, -0.2) is 10.9 Å². The summed E-state index contributed by atoms with van der Waals surface area (Å²) in [5, 5.41) is 8.73. The van der Waals surface area contributed by atoms with E-state index < -0.39 is 0 Å². The summed E-state index contributed by atoms with van der Waals surface area (Å²) in [7, 11) is 0. The molecule has 0 aromatic heterocycles. The predicted octanol–water partition coefficient (Wildman–Crippen LogP) is 1.58. The van der Waals surface area contributed by atoms with E-state index in [1.807, 2.05) is 0 Å². The highest BCUT2D eigenvalue weighted by Gasteiger charge is 2.21. The molecular formula is C12H20N2O. The molecule has 0 fully saturated rings. The molecule has 0 atom stereocenters. The molecule has 3 N–H and O–H groups in total. The molecule has 1 aromatic carbocycles. The molecule has 0 bridgehead atoms. The van der Waals surface area contributed by atoms with Crippen LogP contribution in [0.2, 0.25) is 0 Å². The van der Waals surface area contributed by atoms with E-state index in [2.05, 4.69) is 56.7 Å². The van der Waals surface area contributed by atoms with Crippen molar-refractivity contribution in [1.82, 2.24) is 10.9 Å². The number of nitrogens with one attached hydrogen (secondary N) is 2. The van der Waals surface area contributed by atoms with Gasteiger partial charge in [-0.15, -0.1) is 0 Å². The van der Waals surface area contributed by atoms with Gasteiger partial charge in [-0.05, 0) is 44.4 Å². The molecule has 0 saturated heterocycles. The fourth-order valence-corrected chi connectivity index (χ4v) is 1.76. The summed E-state index contributed by atoms with van der Waals surface area (Å²) < 4.78 is 0. The van der Waals surface area contributed by atoms with Gasteiger partial charge in [-0.1, -0.05) is 18.2 Å². The Morgan fingerprint density at radius 3 is 2.53 bits per heavy atom. The third-order valence-corrected chi connectivity index (χ3v) is 2.76. The summed E-state index contributed by atoms with van der Waals surface area (Å²) in [5.74, 6) is 0. The van der Waals surface area contributed by atoms with Crippen molar-refractivity contribution in [3.63, 3.8) is 0 Å². The number of hydrogen-bond acceptors (Lipinski definition) is 3. The Labute approximate surface area is 91.5 Å². The van der Waals surface area contributed by atoms with Crippen LogP contribution in [0.5, 0.6) is 0 Å². The molecule has 0 aliphatic carbocycles. The summed E-state index contributed by atoms with van der Waals surface area (Å²) in [6.07, 6.45) is 0. The van der Waals surface area contributed by atoms with E-state index in [-0.39, 0.29) is 12.3 Å². The van der Waals surface area contributed by atoms with Gasteiger partial charge in [-0.3, -0.25) is 0 Å². The lowest BCUT2D eigenvalue weighted by atomic mass is 9.89. The number of aryl methyl sites for hydroxylation is 1. The zero-order chi connectivity index (χ0) is 11.5. The molecule has 3 heteroatoms. The largest absolute Gasteiger partial charge is 0.380 e. The molecule has 3 nitrogen and oxygen atoms in total. The van der Waals surface area contributed by atoms with E-state index in [1.54, 1.807) is 0 Å². The molecule has 0 heterocycles. The Bertz CT molecular complexity index is 334. The van der Waals surface area contributed by atoms with Crippen molar-refractivity contribution in [3.05, 3.63) is 34.9 Å². The van der Waals surface area contributed by atoms with Crippen LogP contribution in [-0.2, 0) is 5.54 Å². The van der Waals surface area contributed by atoms with Gasteiger partial charge in [-0.2, -0.15) is 0 Å². The van der Waals surface area contributed by atoms with Crippen molar-refractivity contribution >= 4 is 0 Å². The van der Waals surface area contributed by atoms with Crippen molar-refractivity contribution in [2.45, 2.75) is 33.2 Å². The third-order valence-electron chi connectivity index (χ3n) is 2.76. The fourth-order valence-electron chi connectivity index (χ4n) is 1.76. The van der Waals surface area contributed by atoms with Crippen LogP contribution in [0, 0.1) is 13.8 Å². The number of hydrogen-bond donors (Lipinski definition) is 3. The molecule has 0 unspecified atom stereocenters. The number of aliphatic hydroxyl groups excluding tert-OH is 1. The lowest BCUT2D eigenvalue weighted by molar-refractivity contribution is 0.203. The molecule has 0 saturated carbocycles. The first-order chi connectivity index (χ1) is 6.99. The van der Waals surface area contributed by atoms with E-state index in [0.29, 0.717) is 0 Å². The monoisotopic (exact) mass is 208 g/mol. The maximum absolute atomic E-state index is 8.73. The number of aliphatic hydroxyl groups is 1. The Kier molecular flexibility index (Phi) is 3.85. The second-order valence-corrected chi connectivity index (χ2v) is 4.33. The van der Waals surface area contributed by atoms with Crippen LogP contribution < -0.4 is 10.9 Å². The minimum absolute atomic E-state index is 0.0751. The fraction of sp³-hybridized carbons (Fsp3) is 0.500. The summed E-state index contributed by atoms with van der Waals surface area (Å²) in [6.45, 7) is 8.31. The number of rotatable bonds is 4. The number of benzene rings is 1. The van der Waals surface area contributed by atoms with Crippen LogP contribution in [0.25, 0.3) is 0 Å². The summed E-state index contributed by atoms with van der Waals surface area (Å²) in [5.41, 5.74) is 9.45. The zero-order valence-corrected chi connectivity index (χ0v) is 9.89. The van der Waals surface area contributed by atoms with Crippen molar-refractivity contribution in [1.29, 1.82) is 0 Å². The molecule has 0 amide bonds. The van der Waals surface area contributed by atoms with Gasteiger partial charge < -0.3 is 5.11 Å². The molecule has 0 radical (unpaired) electrons. The van der Waals surface area contributed by atoms with Crippen molar-refractivity contribution in [2.75, 3.05) is 6.73 Å². The first kappa shape index (κ1) is 12.2. The Morgan fingerprint density at radius 1 is 1.27 bits per heavy atom. The van der Waals surface area contributed by atoms with Gasteiger partial charge in [0, 0.05) is 0 Å². The maximum atomic E-state index is 8.73. The minimum atomic E-state index is -0.196. The zero-order valence-electron chi connectivity index (χ0n) is 9.89. The summed E-state index contributed by atoms with van der Waals surface area (Å²) in [6, 6.07) is 6.27. The number of hydrazine groups is 1. The van der Waals surface area contributed by atoms with Crippen molar-refractivity contribution in [2.24, 2.45) is 0 Å². The quantitative estimate of drug-likeness (QED) is 0.520. The Hall–Kier alpha value is -0.900. The molecular weight excluding hydrogens is 188 g/mol. The van der Waals surface area contributed by atoms with Gasteiger partial charge in [0.1, 0.15) is 6.73 Å². The average Bonchev–Trinajstić information content (AvgIpc) is 2.19. The molecule has 0 aliphatic heterocycles. The second kappa shape index (κ2) is 4.75. The van der Waals surface area contributed by atoms with Crippen LogP contribution in [0.1, 0.15) is 30.5 Å². The van der Waals surface area contributed by atoms with Gasteiger partial charge >= 0.3 is 0 Å². The predicted molar refractivity (Wildman–Crippen MR) is 62.3 cm³/mol. The van der Waals surface area contributed by atoms with E-state index in [1.165, 1.54) is 16.7 Å². The van der Waals surface area contributed by atoms with E-state index in [0.717, 1.165) is 0 Å². The molecule has 1 aromatic rings. The third kappa shape index (κ3) is 2.78. The average molecular weight is 208 g/mol. The van der Waals surface area contributed by atoms with E-state index in [4.69, 9.17) is 5.11 Å². The van der Waals surface area contributed by atoms with Gasteiger partial charge in [0.25, 0.3) is 0 Å². The standard InChI is InChI=1S/C12H20N2O/c1-9-6-5-7-11(10(9)2)12(3,4)14-13-8-15/h5-7,13-15H,8H2,1-4H3. The molecule has 15 heavy (non-hydrogen) atoms. The highest BCUT2D eigenvalue weighted by atomic mass is 16.3. The smallest absolute Gasteiger partial charge is 0.106 e. The SMILES string of the molecule is Cc1cccc(C(C)(C)NNCO)c1C. The lowest BCUT2D eigenvalue weighted by Crippen LogP contribution is -2.46. The highest BCUT2D eigenvalue weighted by molar-refractivity contribution is 5.37. The highest BCUT2D eigenvalue weighted by Crippen LogP contribution is 2.24. The van der Waals surface area contributed by atoms with E-state index in [9.17, 15) is 0 Å². The topological polar surface area (TPSA) is 44.3 Å². The van der Waals surface area contributed by atoms with E-state index >= 15 is 0 Å². The van der Waals surface area contributed by atoms with Crippen molar-refractivity contribution < 1.29 is 5.11 Å². The van der Waals surface area contributed by atoms with Crippen molar-refractivity contribution in [3.8, 4) is 0 Å². The summed E-state index contributed by atoms with van der Waals surface area (Å²) >= 11 is 0. The second-order valence-electron chi connectivity index (χ2n) is 4.33. The molecule has 84 valence electrons. The summed E-state index contributed by atoms with van der Waals surface area (Å²) in [4.78, 5) is 0. The lowest BCUT2D eigenvalue weighted by Gasteiger charge is -2.29. The van der Waals surface area contributed by atoms with Crippen LogP contribution in [0.15, 0.2) is 18.2 Å². The van der Waals surface area contributed by atoms with Gasteiger partial charge in [0.15, 0.2) is 0 Å². The van der Waals surface area contributed by atoms with Crippen LogP contribution >= 0.6 is 0 Å². The van der Waals surface area contributed by atoms with Crippen LogP contribution in [0.3, 0.4) is 0 Å². The Balaban J connectivity index is 2.98. The van der Waals surface area contributed by atoms with Gasteiger partial charge in [0.2, 0.25) is 0 Å². The first-order valence-corrected chi connectivity index (χ1v) is 5.16. The van der Waals surface area contributed by atoms with Gasteiger partial charge in [0.05, 0.1) is 5.54 Å². The molecule has 1 rings (SSSR count). The molecule has 0 spiro atoms. The van der Waals surface area contributed by atoms with Crippen LogP contribution in [0.4, 0.5) is 0 Å².